The molecule has 20 heavy (non-hydrogen) atoms. The molecule has 0 aliphatic carbocycles. The molecule has 2 aromatic rings. The van der Waals surface area contributed by atoms with Crippen LogP contribution in [0, 0.1) is 0 Å². The number of aromatic nitrogens is 2. The second kappa shape index (κ2) is 6.69. The Kier molecular flexibility index (Phi) is 4.98. The van der Waals surface area contributed by atoms with Gasteiger partial charge in [-0.05, 0) is 24.3 Å². The third kappa shape index (κ3) is 3.95. The first kappa shape index (κ1) is 14.9. The number of hydrogen-bond donors (Lipinski definition) is 4. The van der Waals surface area contributed by atoms with Crippen molar-refractivity contribution in [2.24, 2.45) is 0 Å². The summed E-state index contributed by atoms with van der Waals surface area (Å²) in [6, 6.07) is 5.47. The van der Waals surface area contributed by atoms with Crippen LogP contribution in [0.5, 0.6) is 11.5 Å². The zero-order valence-electron chi connectivity index (χ0n) is 9.96. The minimum absolute atomic E-state index is 0.310. The fourth-order valence-corrected chi connectivity index (χ4v) is 1.12. The summed E-state index contributed by atoms with van der Waals surface area (Å²) in [7, 11) is 0. The molecule has 0 radical (unpaired) electrons. The van der Waals surface area contributed by atoms with Crippen molar-refractivity contribution in [3.05, 3.63) is 48.0 Å². The highest BCUT2D eigenvalue weighted by molar-refractivity contribution is 5.88. The Morgan fingerprint density at radius 2 is 1.15 bits per heavy atom. The van der Waals surface area contributed by atoms with E-state index in [1.807, 2.05) is 0 Å². The molecule has 0 fully saturated rings. The van der Waals surface area contributed by atoms with Crippen LogP contribution >= 0.6 is 0 Å². The molecule has 0 bridgehead atoms. The van der Waals surface area contributed by atoms with Gasteiger partial charge in [0.2, 0.25) is 0 Å². The van der Waals surface area contributed by atoms with E-state index in [-0.39, 0.29) is 22.9 Å². The summed E-state index contributed by atoms with van der Waals surface area (Å²) in [4.78, 5) is 27.3. The maximum Gasteiger partial charge on any atom is 0.358 e. The molecule has 0 aliphatic heterocycles. The van der Waals surface area contributed by atoms with Crippen LogP contribution in [0.2, 0.25) is 0 Å². The predicted octanol–water partition coefficient (Wildman–Crippen LogP) is 0.971. The number of aromatic hydroxyl groups is 2. The third-order valence-electron chi connectivity index (χ3n) is 1.98. The highest BCUT2D eigenvalue weighted by Gasteiger charge is 2.08. The van der Waals surface area contributed by atoms with E-state index >= 15 is 0 Å². The summed E-state index contributed by atoms with van der Waals surface area (Å²) in [6.45, 7) is 0. The van der Waals surface area contributed by atoms with Crippen LogP contribution in [0.1, 0.15) is 21.0 Å². The van der Waals surface area contributed by atoms with Crippen molar-refractivity contribution in [1.82, 2.24) is 9.97 Å². The Morgan fingerprint density at radius 3 is 1.35 bits per heavy atom. The molecular weight excluding hydrogens is 268 g/mol. The molecule has 0 saturated carbocycles. The van der Waals surface area contributed by atoms with Crippen molar-refractivity contribution in [3.8, 4) is 11.5 Å². The molecule has 8 heteroatoms. The number of rotatable bonds is 2. The normalized spacial score (nSPS) is 9.20. The van der Waals surface area contributed by atoms with E-state index in [1.54, 1.807) is 0 Å². The standard InChI is InChI=1S/2C6H5NO3/c2*8-4-2-1-3-7-5(4)6(9)10/h2*1-3,8H,(H,9,10). The summed E-state index contributed by atoms with van der Waals surface area (Å²) in [5.41, 5.74) is -0.634. The third-order valence-corrected chi connectivity index (χ3v) is 1.98. The summed E-state index contributed by atoms with van der Waals surface area (Å²) >= 11 is 0. The fraction of sp³-hybridized carbons (Fsp3) is 0. The second-order valence-electron chi connectivity index (χ2n) is 3.35. The molecule has 0 unspecified atom stereocenters. The Morgan fingerprint density at radius 1 is 0.800 bits per heavy atom. The molecule has 0 amide bonds. The molecule has 4 N–H and O–H groups in total. The van der Waals surface area contributed by atoms with E-state index in [9.17, 15) is 9.59 Å². The summed E-state index contributed by atoms with van der Waals surface area (Å²) in [5, 5.41) is 34.4. The topological polar surface area (TPSA) is 141 Å². The largest absolute Gasteiger partial charge is 0.505 e. The average Bonchev–Trinajstić information content (AvgIpc) is 2.40. The molecule has 0 spiro atoms. The van der Waals surface area contributed by atoms with Gasteiger partial charge in [0.1, 0.15) is 11.5 Å². The number of hydrogen-bond acceptors (Lipinski definition) is 6. The monoisotopic (exact) mass is 278 g/mol. The first-order valence-electron chi connectivity index (χ1n) is 5.18. The average molecular weight is 278 g/mol. The molecule has 0 atom stereocenters. The molecule has 2 rings (SSSR count). The molecule has 0 aliphatic rings. The summed E-state index contributed by atoms with van der Waals surface area (Å²) in [6.07, 6.45) is 2.62. The highest BCUT2D eigenvalue weighted by Crippen LogP contribution is 2.11. The number of pyridine rings is 2. The van der Waals surface area contributed by atoms with Crippen molar-refractivity contribution in [2.75, 3.05) is 0 Å². The van der Waals surface area contributed by atoms with Gasteiger partial charge < -0.3 is 20.4 Å². The highest BCUT2D eigenvalue weighted by atomic mass is 16.4. The lowest BCUT2D eigenvalue weighted by Gasteiger charge is -1.93. The Bertz CT molecular complexity index is 573. The quantitative estimate of drug-likeness (QED) is 0.636. The maximum absolute atomic E-state index is 10.2. The van der Waals surface area contributed by atoms with Crippen molar-refractivity contribution < 1.29 is 30.0 Å². The van der Waals surface area contributed by atoms with Crippen molar-refractivity contribution in [1.29, 1.82) is 0 Å². The van der Waals surface area contributed by atoms with E-state index in [0.717, 1.165) is 0 Å². The van der Waals surface area contributed by atoms with Crippen LogP contribution in [-0.4, -0.2) is 42.3 Å². The lowest BCUT2D eigenvalue weighted by atomic mass is 10.3. The van der Waals surface area contributed by atoms with Gasteiger partial charge in [0.15, 0.2) is 11.4 Å². The minimum atomic E-state index is -1.22. The van der Waals surface area contributed by atoms with Gasteiger partial charge >= 0.3 is 11.9 Å². The number of carbonyl (C=O) groups is 2. The summed E-state index contributed by atoms with van der Waals surface area (Å²) in [5.74, 6) is -3.07. The molecule has 0 saturated heterocycles. The maximum atomic E-state index is 10.2. The zero-order chi connectivity index (χ0) is 15.1. The summed E-state index contributed by atoms with van der Waals surface area (Å²) < 4.78 is 0. The van der Waals surface area contributed by atoms with E-state index in [0.29, 0.717) is 0 Å². The predicted molar refractivity (Wildman–Crippen MR) is 65.7 cm³/mol. The first-order valence-corrected chi connectivity index (χ1v) is 5.18. The number of carboxylic acid groups (broad SMARTS) is 2. The van der Waals surface area contributed by atoms with E-state index in [2.05, 4.69) is 9.97 Å². The van der Waals surface area contributed by atoms with E-state index < -0.39 is 11.9 Å². The molecular formula is C12H10N2O6. The molecule has 2 heterocycles. The zero-order valence-corrected chi connectivity index (χ0v) is 9.96. The first-order chi connectivity index (χ1) is 9.43. The second-order valence-corrected chi connectivity index (χ2v) is 3.35. The van der Waals surface area contributed by atoms with Crippen LogP contribution in [-0.2, 0) is 0 Å². The SMILES string of the molecule is O=C(O)c1ncccc1O.O=C(O)c1ncccc1O. The van der Waals surface area contributed by atoms with Gasteiger partial charge in [-0.2, -0.15) is 0 Å². The lowest BCUT2D eigenvalue weighted by Crippen LogP contribution is -1.99. The van der Waals surface area contributed by atoms with E-state index in [1.165, 1.54) is 36.7 Å². The van der Waals surface area contributed by atoms with Gasteiger partial charge in [0.05, 0.1) is 0 Å². The van der Waals surface area contributed by atoms with Crippen molar-refractivity contribution in [3.63, 3.8) is 0 Å². The number of aromatic carboxylic acids is 2. The number of carboxylic acids is 2. The van der Waals surface area contributed by atoms with Crippen molar-refractivity contribution in [2.45, 2.75) is 0 Å². The van der Waals surface area contributed by atoms with Gasteiger partial charge in [0, 0.05) is 12.4 Å². The molecule has 8 nitrogen and oxygen atoms in total. The van der Waals surface area contributed by atoms with Crippen LogP contribution in [0.25, 0.3) is 0 Å². The van der Waals surface area contributed by atoms with Gasteiger partial charge in [0.25, 0.3) is 0 Å². The van der Waals surface area contributed by atoms with Gasteiger partial charge in [-0.15, -0.1) is 0 Å². The Balaban J connectivity index is 0.000000200. The van der Waals surface area contributed by atoms with Gasteiger partial charge in [-0.3, -0.25) is 0 Å². The molecule has 0 aromatic carbocycles. The van der Waals surface area contributed by atoms with Crippen molar-refractivity contribution >= 4 is 11.9 Å². The van der Waals surface area contributed by atoms with Crippen LogP contribution < -0.4 is 0 Å². The smallest absolute Gasteiger partial charge is 0.358 e. The van der Waals surface area contributed by atoms with Gasteiger partial charge in [-0.1, -0.05) is 0 Å². The molecule has 104 valence electrons. The lowest BCUT2D eigenvalue weighted by molar-refractivity contribution is 0.0675. The minimum Gasteiger partial charge on any atom is -0.505 e. The Labute approximate surface area is 112 Å². The van der Waals surface area contributed by atoms with Crippen LogP contribution in [0.15, 0.2) is 36.7 Å². The van der Waals surface area contributed by atoms with Crippen LogP contribution in [0.4, 0.5) is 0 Å². The van der Waals surface area contributed by atoms with Crippen LogP contribution in [0.3, 0.4) is 0 Å². The van der Waals surface area contributed by atoms with E-state index in [4.69, 9.17) is 20.4 Å². The number of nitrogens with zero attached hydrogens (tertiary/aromatic N) is 2. The van der Waals surface area contributed by atoms with Gasteiger partial charge in [-0.25, -0.2) is 19.6 Å². The fourth-order valence-electron chi connectivity index (χ4n) is 1.12. The molecule has 2 aromatic heterocycles. The Hall–Kier alpha value is -3.16.